The maximum absolute atomic E-state index is 12.5. The predicted octanol–water partition coefficient (Wildman–Crippen LogP) is 4.13. The van der Waals surface area contributed by atoms with Crippen molar-refractivity contribution in [3.05, 3.63) is 29.3 Å². The van der Waals surface area contributed by atoms with Crippen molar-refractivity contribution in [1.29, 1.82) is 0 Å². The third-order valence-electron chi connectivity index (χ3n) is 3.31. The number of anilines is 1. The SMILES string of the molecule is CCCNc1ccc(C)cc1C(=O)NC(C)(C)CCC. The second-order valence-electron chi connectivity index (χ2n) is 6.06. The Morgan fingerprint density at radius 2 is 1.90 bits per heavy atom. The van der Waals surface area contributed by atoms with E-state index in [0.717, 1.165) is 42.6 Å². The Labute approximate surface area is 123 Å². The zero-order valence-electron chi connectivity index (χ0n) is 13.5. The van der Waals surface area contributed by atoms with E-state index in [1.54, 1.807) is 0 Å². The number of rotatable bonds is 7. The van der Waals surface area contributed by atoms with Gasteiger partial charge in [0, 0.05) is 17.8 Å². The van der Waals surface area contributed by atoms with E-state index in [1.165, 1.54) is 0 Å². The van der Waals surface area contributed by atoms with Gasteiger partial charge in [0.1, 0.15) is 0 Å². The molecule has 1 rings (SSSR count). The van der Waals surface area contributed by atoms with Crippen molar-refractivity contribution < 1.29 is 4.79 Å². The smallest absolute Gasteiger partial charge is 0.253 e. The second-order valence-corrected chi connectivity index (χ2v) is 6.06. The highest BCUT2D eigenvalue weighted by Gasteiger charge is 2.21. The van der Waals surface area contributed by atoms with Crippen molar-refractivity contribution in [1.82, 2.24) is 5.32 Å². The Kier molecular flexibility index (Phi) is 6.05. The molecule has 3 heteroatoms. The molecule has 1 aromatic carbocycles. The number of carbonyl (C=O) groups excluding carboxylic acids is 1. The van der Waals surface area contributed by atoms with Gasteiger partial charge in [0.05, 0.1) is 5.56 Å². The molecule has 0 bridgehead atoms. The average molecular weight is 276 g/mol. The Bertz CT molecular complexity index is 452. The first-order chi connectivity index (χ1) is 9.39. The molecule has 0 spiro atoms. The number of nitrogens with one attached hydrogen (secondary N) is 2. The van der Waals surface area contributed by atoms with Crippen LogP contribution in [0.4, 0.5) is 5.69 Å². The lowest BCUT2D eigenvalue weighted by atomic mass is 9.98. The molecule has 1 aromatic rings. The fourth-order valence-corrected chi connectivity index (χ4v) is 2.32. The second kappa shape index (κ2) is 7.32. The molecule has 0 radical (unpaired) electrons. The maximum atomic E-state index is 12.5. The van der Waals surface area contributed by atoms with Crippen molar-refractivity contribution in [3.63, 3.8) is 0 Å². The summed E-state index contributed by atoms with van der Waals surface area (Å²) in [6.07, 6.45) is 3.07. The summed E-state index contributed by atoms with van der Waals surface area (Å²) in [5, 5.41) is 6.47. The summed E-state index contributed by atoms with van der Waals surface area (Å²) in [4.78, 5) is 12.5. The minimum absolute atomic E-state index is 0.00533. The first-order valence-corrected chi connectivity index (χ1v) is 7.56. The van der Waals surface area contributed by atoms with E-state index >= 15 is 0 Å². The van der Waals surface area contributed by atoms with Crippen LogP contribution in [0.2, 0.25) is 0 Å². The third-order valence-corrected chi connectivity index (χ3v) is 3.31. The molecule has 1 amide bonds. The van der Waals surface area contributed by atoms with Crippen LogP contribution < -0.4 is 10.6 Å². The molecular weight excluding hydrogens is 248 g/mol. The van der Waals surface area contributed by atoms with Gasteiger partial charge in [0.15, 0.2) is 0 Å². The van der Waals surface area contributed by atoms with E-state index in [0.29, 0.717) is 0 Å². The van der Waals surface area contributed by atoms with Crippen LogP contribution in [0.3, 0.4) is 0 Å². The first-order valence-electron chi connectivity index (χ1n) is 7.56. The monoisotopic (exact) mass is 276 g/mol. The fraction of sp³-hybridized carbons (Fsp3) is 0.588. The summed E-state index contributed by atoms with van der Waals surface area (Å²) >= 11 is 0. The van der Waals surface area contributed by atoms with Gasteiger partial charge in [-0.3, -0.25) is 4.79 Å². The first kappa shape index (κ1) is 16.5. The van der Waals surface area contributed by atoms with Crippen LogP contribution in [0, 0.1) is 6.92 Å². The molecule has 3 nitrogen and oxygen atoms in total. The number of hydrogen-bond acceptors (Lipinski definition) is 2. The Morgan fingerprint density at radius 3 is 2.50 bits per heavy atom. The van der Waals surface area contributed by atoms with Gasteiger partial charge in [-0.25, -0.2) is 0 Å². The van der Waals surface area contributed by atoms with Crippen LogP contribution in [0.5, 0.6) is 0 Å². The molecule has 0 aliphatic carbocycles. The predicted molar refractivity (Wildman–Crippen MR) is 86.4 cm³/mol. The van der Waals surface area contributed by atoms with Gasteiger partial charge >= 0.3 is 0 Å². The van der Waals surface area contributed by atoms with Gasteiger partial charge in [-0.15, -0.1) is 0 Å². The molecule has 0 aliphatic heterocycles. The number of benzene rings is 1. The lowest BCUT2D eigenvalue weighted by Gasteiger charge is -2.26. The average Bonchev–Trinajstić information content (AvgIpc) is 2.36. The molecule has 2 N–H and O–H groups in total. The molecule has 0 atom stereocenters. The van der Waals surface area contributed by atoms with Gasteiger partial charge < -0.3 is 10.6 Å². The van der Waals surface area contributed by atoms with Crippen molar-refractivity contribution in [2.45, 2.75) is 59.4 Å². The van der Waals surface area contributed by atoms with Crippen molar-refractivity contribution >= 4 is 11.6 Å². The topological polar surface area (TPSA) is 41.1 Å². The normalized spacial score (nSPS) is 11.2. The van der Waals surface area contributed by atoms with Crippen molar-refractivity contribution in [2.24, 2.45) is 0 Å². The van der Waals surface area contributed by atoms with Crippen LogP contribution >= 0.6 is 0 Å². The highest BCUT2D eigenvalue weighted by Crippen LogP contribution is 2.19. The van der Waals surface area contributed by atoms with E-state index in [-0.39, 0.29) is 11.4 Å². The van der Waals surface area contributed by atoms with Crippen LogP contribution in [-0.4, -0.2) is 18.0 Å². The van der Waals surface area contributed by atoms with E-state index in [9.17, 15) is 4.79 Å². The van der Waals surface area contributed by atoms with E-state index in [1.807, 2.05) is 25.1 Å². The van der Waals surface area contributed by atoms with Gasteiger partial charge in [-0.05, 0) is 45.7 Å². The Hall–Kier alpha value is -1.51. The molecule has 112 valence electrons. The number of carbonyl (C=O) groups is 1. The van der Waals surface area contributed by atoms with Crippen LogP contribution in [0.15, 0.2) is 18.2 Å². The number of aryl methyl sites for hydroxylation is 1. The number of amides is 1. The van der Waals surface area contributed by atoms with Gasteiger partial charge in [0.2, 0.25) is 0 Å². The quantitative estimate of drug-likeness (QED) is 0.786. The summed E-state index contributed by atoms with van der Waals surface area (Å²) < 4.78 is 0. The molecular formula is C17H28N2O. The van der Waals surface area contributed by atoms with Gasteiger partial charge in [-0.1, -0.05) is 31.9 Å². The Balaban J connectivity index is 2.93. The summed E-state index contributed by atoms with van der Waals surface area (Å²) in [6.45, 7) is 11.3. The highest BCUT2D eigenvalue weighted by atomic mass is 16.1. The number of hydrogen-bond donors (Lipinski definition) is 2. The molecule has 20 heavy (non-hydrogen) atoms. The maximum Gasteiger partial charge on any atom is 0.253 e. The fourth-order valence-electron chi connectivity index (χ4n) is 2.32. The van der Waals surface area contributed by atoms with Crippen LogP contribution in [0.1, 0.15) is 62.9 Å². The minimum Gasteiger partial charge on any atom is -0.384 e. The molecule has 0 aliphatic rings. The Morgan fingerprint density at radius 1 is 1.20 bits per heavy atom. The van der Waals surface area contributed by atoms with Gasteiger partial charge in [-0.2, -0.15) is 0 Å². The minimum atomic E-state index is -0.169. The highest BCUT2D eigenvalue weighted by molar-refractivity contribution is 6.00. The molecule has 0 unspecified atom stereocenters. The standard InChI is InChI=1S/C17H28N2O/c1-6-10-17(4,5)19-16(20)14-12-13(3)8-9-15(14)18-11-7-2/h8-9,12,18H,6-7,10-11H2,1-5H3,(H,19,20). The summed E-state index contributed by atoms with van der Waals surface area (Å²) in [7, 11) is 0. The summed E-state index contributed by atoms with van der Waals surface area (Å²) in [6, 6.07) is 5.98. The molecule has 0 aromatic heterocycles. The molecule has 0 saturated heterocycles. The zero-order valence-corrected chi connectivity index (χ0v) is 13.5. The lowest BCUT2D eigenvalue weighted by Crippen LogP contribution is -2.43. The zero-order chi connectivity index (χ0) is 15.2. The van der Waals surface area contributed by atoms with Crippen molar-refractivity contribution in [3.8, 4) is 0 Å². The lowest BCUT2D eigenvalue weighted by molar-refractivity contribution is 0.0909. The van der Waals surface area contributed by atoms with Gasteiger partial charge in [0.25, 0.3) is 5.91 Å². The van der Waals surface area contributed by atoms with Crippen LogP contribution in [0.25, 0.3) is 0 Å². The van der Waals surface area contributed by atoms with E-state index in [4.69, 9.17) is 0 Å². The third kappa shape index (κ3) is 4.87. The molecule has 0 fully saturated rings. The van der Waals surface area contributed by atoms with Crippen LogP contribution in [-0.2, 0) is 0 Å². The van der Waals surface area contributed by atoms with E-state index in [2.05, 4.69) is 38.3 Å². The summed E-state index contributed by atoms with van der Waals surface area (Å²) in [5.74, 6) is 0.00533. The van der Waals surface area contributed by atoms with Crippen molar-refractivity contribution in [2.75, 3.05) is 11.9 Å². The van der Waals surface area contributed by atoms with E-state index < -0.39 is 0 Å². The largest absolute Gasteiger partial charge is 0.384 e. The molecule has 0 heterocycles. The molecule has 0 saturated carbocycles. The summed E-state index contributed by atoms with van der Waals surface area (Å²) in [5.41, 5.74) is 2.59.